The number of esters is 1. The molecule has 2 N–H and O–H groups in total. The first-order valence-electron chi connectivity index (χ1n) is 17.2. The summed E-state index contributed by atoms with van der Waals surface area (Å²) in [7, 11) is 0. The Morgan fingerprint density at radius 1 is 0.810 bits per heavy atom. The van der Waals surface area contributed by atoms with Gasteiger partial charge >= 0.3 is 11.9 Å². The number of carboxylic acid groups (broad SMARTS) is 1. The summed E-state index contributed by atoms with van der Waals surface area (Å²) in [4.78, 5) is 37.9. The van der Waals surface area contributed by atoms with E-state index in [1.54, 1.807) is 0 Å². The minimum absolute atomic E-state index is 0.000867. The van der Waals surface area contributed by atoms with Crippen LogP contribution in [0.1, 0.15) is 127 Å². The Morgan fingerprint density at radius 2 is 1.50 bits per heavy atom. The minimum atomic E-state index is -0.968. The third kappa shape index (κ3) is 4.41. The first-order chi connectivity index (χ1) is 19.5. The van der Waals surface area contributed by atoms with Gasteiger partial charge in [-0.05, 0) is 116 Å². The van der Waals surface area contributed by atoms with Crippen LogP contribution in [-0.4, -0.2) is 35.6 Å². The van der Waals surface area contributed by atoms with E-state index in [2.05, 4.69) is 53.8 Å². The van der Waals surface area contributed by atoms with Crippen LogP contribution in [0, 0.1) is 68.5 Å². The van der Waals surface area contributed by atoms with Gasteiger partial charge in [0, 0.05) is 5.41 Å². The van der Waals surface area contributed by atoms with Gasteiger partial charge in [-0.1, -0.05) is 62.3 Å². The van der Waals surface area contributed by atoms with Gasteiger partial charge in [-0.2, -0.15) is 0 Å². The molecule has 0 saturated heterocycles. The van der Waals surface area contributed by atoms with E-state index in [-0.39, 0.29) is 52.1 Å². The van der Waals surface area contributed by atoms with Gasteiger partial charge < -0.3 is 15.2 Å². The van der Waals surface area contributed by atoms with Crippen molar-refractivity contribution in [3.8, 4) is 0 Å². The van der Waals surface area contributed by atoms with Gasteiger partial charge in [-0.15, -0.1) is 0 Å². The highest BCUT2D eigenvalue weighted by atomic mass is 16.5. The summed E-state index contributed by atoms with van der Waals surface area (Å²) in [5, 5.41) is 12.2. The van der Waals surface area contributed by atoms with Crippen LogP contribution >= 0.6 is 0 Å². The molecule has 42 heavy (non-hydrogen) atoms. The fraction of sp³-hybridized carbons (Fsp3) is 0.917. The number of aliphatic carboxylic acids is 1. The lowest BCUT2D eigenvalue weighted by Crippen LogP contribution is -2.67. The molecular formula is C36H59NO5. The van der Waals surface area contributed by atoms with Crippen molar-refractivity contribution in [1.82, 2.24) is 5.32 Å². The molecule has 6 heteroatoms. The zero-order valence-corrected chi connectivity index (χ0v) is 28.0. The molecule has 5 fully saturated rings. The number of carbonyl (C=O) groups is 3. The largest absolute Gasteiger partial charge is 0.480 e. The molecule has 5 aliphatic rings. The van der Waals surface area contributed by atoms with Crippen molar-refractivity contribution in [3.63, 3.8) is 0 Å². The van der Waals surface area contributed by atoms with Gasteiger partial charge in [0.1, 0.15) is 12.6 Å². The van der Waals surface area contributed by atoms with Crippen LogP contribution in [-0.2, 0) is 19.1 Å². The summed E-state index contributed by atoms with van der Waals surface area (Å²) < 4.78 is 6.17. The van der Waals surface area contributed by atoms with Gasteiger partial charge in [0.15, 0.2) is 0 Å². The molecular weight excluding hydrogens is 526 g/mol. The molecule has 0 radical (unpaired) electrons. The molecule has 0 aromatic carbocycles. The van der Waals surface area contributed by atoms with Gasteiger partial charge in [0.05, 0.1) is 11.3 Å². The third-order valence-corrected chi connectivity index (χ3v) is 14.9. The maximum Gasteiger partial charge on any atom is 0.322 e. The van der Waals surface area contributed by atoms with Crippen molar-refractivity contribution in [2.75, 3.05) is 6.54 Å². The Labute approximate surface area is 254 Å². The molecule has 0 aromatic heterocycles. The second-order valence-electron chi connectivity index (χ2n) is 17.3. The third-order valence-electron chi connectivity index (χ3n) is 14.9. The summed E-state index contributed by atoms with van der Waals surface area (Å²) in [6, 6.07) is 0. The molecule has 1 amide bonds. The topological polar surface area (TPSA) is 92.7 Å². The predicted octanol–water partition coefficient (Wildman–Crippen LogP) is 7.49. The van der Waals surface area contributed by atoms with Crippen molar-refractivity contribution in [1.29, 1.82) is 0 Å². The summed E-state index contributed by atoms with van der Waals surface area (Å²) >= 11 is 0. The Hall–Kier alpha value is -1.59. The molecule has 0 spiro atoms. The van der Waals surface area contributed by atoms with E-state index in [1.165, 1.54) is 12.8 Å². The first kappa shape index (κ1) is 31.8. The highest BCUT2D eigenvalue weighted by Gasteiger charge is 2.72. The van der Waals surface area contributed by atoms with Crippen LogP contribution in [0.3, 0.4) is 0 Å². The fourth-order valence-electron chi connectivity index (χ4n) is 12.6. The van der Waals surface area contributed by atoms with Gasteiger partial charge in [0.2, 0.25) is 5.91 Å². The molecule has 10 atom stereocenters. The predicted molar refractivity (Wildman–Crippen MR) is 164 cm³/mol. The van der Waals surface area contributed by atoms with E-state index in [1.807, 2.05) is 13.8 Å². The monoisotopic (exact) mass is 585 g/mol. The van der Waals surface area contributed by atoms with E-state index in [9.17, 15) is 19.5 Å². The van der Waals surface area contributed by atoms with Crippen molar-refractivity contribution in [2.24, 2.45) is 68.5 Å². The van der Waals surface area contributed by atoms with Crippen LogP contribution in [0.5, 0.6) is 0 Å². The molecule has 5 aliphatic carbocycles. The number of amides is 1. The van der Waals surface area contributed by atoms with Gasteiger partial charge in [0.25, 0.3) is 0 Å². The van der Waals surface area contributed by atoms with E-state index in [0.717, 1.165) is 51.4 Å². The number of hydrogen-bond acceptors (Lipinski definition) is 4. The van der Waals surface area contributed by atoms with Crippen LogP contribution in [0.4, 0.5) is 0 Å². The summed E-state index contributed by atoms with van der Waals surface area (Å²) in [5.74, 6) is 1.79. The molecule has 6 nitrogen and oxygen atoms in total. The van der Waals surface area contributed by atoms with Gasteiger partial charge in [-0.25, -0.2) is 0 Å². The number of nitrogens with one attached hydrogen (secondary N) is 1. The van der Waals surface area contributed by atoms with Crippen molar-refractivity contribution >= 4 is 17.8 Å². The first-order valence-corrected chi connectivity index (χ1v) is 17.2. The smallest absolute Gasteiger partial charge is 0.322 e. The summed E-state index contributed by atoms with van der Waals surface area (Å²) in [6.45, 7) is 20.7. The number of hydrogen-bond donors (Lipinski definition) is 2. The Balaban J connectivity index is 1.47. The SMILES string of the molecule is CC(C)C(=O)O[C@@H]1CC[C@@]2(C)C(CC[C@]3(C)C2CCC2C4C(C(C)C)CC[C@]4(C(=O)NCC(=O)O)CC[C@]23C)C1(C)C. The van der Waals surface area contributed by atoms with Crippen molar-refractivity contribution in [3.05, 3.63) is 0 Å². The van der Waals surface area contributed by atoms with Crippen LogP contribution in [0.15, 0.2) is 0 Å². The van der Waals surface area contributed by atoms with E-state index < -0.39 is 11.4 Å². The number of ether oxygens (including phenoxy) is 1. The zero-order valence-electron chi connectivity index (χ0n) is 28.0. The highest BCUT2D eigenvalue weighted by molar-refractivity contribution is 5.86. The lowest BCUT2D eigenvalue weighted by molar-refractivity contribution is -0.250. The minimum Gasteiger partial charge on any atom is -0.480 e. The van der Waals surface area contributed by atoms with Gasteiger partial charge in [-0.3, -0.25) is 14.4 Å². The quantitative estimate of drug-likeness (QED) is 0.315. The lowest BCUT2D eigenvalue weighted by atomic mass is 9.32. The lowest BCUT2D eigenvalue weighted by Gasteiger charge is -2.73. The molecule has 0 heterocycles. The maximum absolute atomic E-state index is 13.9. The Bertz CT molecular complexity index is 1100. The standard InChI is InChI=1S/C36H59NO5/c1-21(2)23-12-17-36(31(41)37-20-28(38)39)19-18-34(8)24(29(23)36)10-11-26-33(7)15-14-27(42-30(40)22(3)4)32(5,6)25(33)13-16-35(26,34)9/h21-27,29H,10-20H2,1-9H3,(H,37,41)(H,38,39)/t23?,24?,25?,26?,27-,29?,33+,34-,35-,36+/m1/s1. The summed E-state index contributed by atoms with van der Waals surface area (Å²) in [6.07, 6.45) is 10.6. The highest BCUT2D eigenvalue weighted by Crippen LogP contribution is 2.77. The number of carbonyl (C=O) groups excluding carboxylic acids is 2. The van der Waals surface area contributed by atoms with E-state index >= 15 is 0 Å². The fourth-order valence-corrected chi connectivity index (χ4v) is 12.6. The average molecular weight is 586 g/mol. The maximum atomic E-state index is 13.9. The number of rotatable bonds is 6. The average Bonchev–Trinajstić information content (AvgIpc) is 3.30. The molecule has 238 valence electrons. The molecule has 5 rings (SSSR count). The number of carboxylic acids is 1. The van der Waals surface area contributed by atoms with E-state index in [4.69, 9.17) is 4.74 Å². The Morgan fingerprint density at radius 3 is 2.12 bits per heavy atom. The second kappa shape index (κ2) is 10.5. The second-order valence-corrected chi connectivity index (χ2v) is 17.3. The van der Waals surface area contributed by atoms with Crippen molar-refractivity contribution in [2.45, 2.75) is 133 Å². The normalized spacial score (nSPS) is 45.8. The Kier molecular flexibility index (Phi) is 7.96. The van der Waals surface area contributed by atoms with Crippen molar-refractivity contribution < 1.29 is 24.2 Å². The van der Waals surface area contributed by atoms with Crippen LogP contribution in [0.25, 0.3) is 0 Å². The van der Waals surface area contributed by atoms with Crippen LogP contribution < -0.4 is 5.32 Å². The molecule has 0 aliphatic heterocycles. The van der Waals surface area contributed by atoms with E-state index in [0.29, 0.717) is 35.5 Å². The molecule has 0 aromatic rings. The molecule has 5 unspecified atom stereocenters. The molecule has 0 bridgehead atoms. The summed E-state index contributed by atoms with van der Waals surface area (Å²) in [5.41, 5.74) is 0.0416. The molecule has 5 saturated carbocycles. The number of fused-ring (bicyclic) bond motifs is 7. The van der Waals surface area contributed by atoms with Crippen LogP contribution in [0.2, 0.25) is 0 Å². The zero-order chi connectivity index (χ0) is 31.0.